The molecule has 0 aliphatic carbocycles. The summed E-state index contributed by atoms with van der Waals surface area (Å²) in [4.78, 5) is 16.0. The molecule has 1 aromatic carbocycles. The van der Waals surface area contributed by atoms with Crippen molar-refractivity contribution in [1.82, 2.24) is 14.8 Å². The SMILES string of the molecule is Cc1nc(C)n(CCCC(=O)Nc2ccc(C#N)cc2)n1. The van der Waals surface area contributed by atoms with Gasteiger partial charge in [-0.2, -0.15) is 10.4 Å². The highest BCUT2D eigenvalue weighted by atomic mass is 16.1. The quantitative estimate of drug-likeness (QED) is 0.911. The molecule has 1 heterocycles. The van der Waals surface area contributed by atoms with Gasteiger partial charge in [0, 0.05) is 18.7 Å². The van der Waals surface area contributed by atoms with E-state index in [1.54, 1.807) is 24.3 Å². The second kappa shape index (κ2) is 6.66. The maximum absolute atomic E-state index is 11.8. The minimum absolute atomic E-state index is 0.0470. The van der Waals surface area contributed by atoms with Crippen LogP contribution in [0.5, 0.6) is 0 Å². The van der Waals surface area contributed by atoms with Crippen molar-refractivity contribution in [1.29, 1.82) is 5.26 Å². The molecule has 0 radical (unpaired) electrons. The summed E-state index contributed by atoms with van der Waals surface area (Å²) in [6, 6.07) is 8.84. The molecule has 1 N–H and O–H groups in total. The third-order valence-corrected chi connectivity index (χ3v) is 3.03. The van der Waals surface area contributed by atoms with Gasteiger partial charge in [0.1, 0.15) is 11.6 Å². The average molecular weight is 283 g/mol. The second-order valence-electron chi connectivity index (χ2n) is 4.77. The number of carbonyl (C=O) groups excluding carboxylic acids is 1. The number of aromatic nitrogens is 3. The average Bonchev–Trinajstić information content (AvgIpc) is 2.78. The van der Waals surface area contributed by atoms with Crippen LogP contribution >= 0.6 is 0 Å². The van der Waals surface area contributed by atoms with E-state index in [0.717, 1.165) is 11.6 Å². The van der Waals surface area contributed by atoms with Crippen molar-refractivity contribution in [3.05, 3.63) is 41.5 Å². The van der Waals surface area contributed by atoms with Gasteiger partial charge in [0.05, 0.1) is 11.6 Å². The van der Waals surface area contributed by atoms with Gasteiger partial charge in [-0.3, -0.25) is 9.48 Å². The minimum Gasteiger partial charge on any atom is -0.326 e. The van der Waals surface area contributed by atoms with E-state index in [1.807, 2.05) is 24.6 Å². The Morgan fingerprint density at radius 3 is 2.62 bits per heavy atom. The first-order valence-corrected chi connectivity index (χ1v) is 6.76. The topological polar surface area (TPSA) is 83.6 Å². The third-order valence-electron chi connectivity index (χ3n) is 3.03. The van der Waals surface area contributed by atoms with Crippen LogP contribution in [0.15, 0.2) is 24.3 Å². The number of nitrogens with zero attached hydrogens (tertiary/aromatic N) is 4. The number of rotatable bonds is 5. The van der Waals surface area contributed by atoms with Crippen LogP contribution in [0, 0.1) is 25.2 Å². The van der Waals surface area contributed by atoms with Crippen LogP contribution < -0.4 is 5.32 Å². The van der Waals surface area contributed by atoms with E-state index in [1.165, 1.54) is 0 Å². The zero-order valence-electron chi connectivity index (χ0n) is 12.1. The van der Waals surface area contributed by atoms with Crippen LogP contribution in [0.1, 0.15) is 30.1 Å². The fourth-order valence-corrected chi connectivity index (χ4v) is 2.01. The van der Waals surface area contributed by atoms with Crippen LogP contribution in [0.25, 0.3) is 0 Å². The third kappa shape index (κ3) is 4.14. The molecule has 1 aromatic heterocycles. The van der Waals surface area contributed by atoms with Gasteiger partial charge >= 0.3 is 0 Å². The molecule has 0 atom stereocenters. The standard InChI is InChI=1S/C15H17N5O/c1-11-17-12(2)20(19-11)9-3-4-15(21)18-14-7-5-13(10-16)6-8-14/h5-8H,3-4,9H2,1-2H3,(H,18,21). The Bertz CT molecular complexity index is 666. The van der Waals surface area contributed by atoms with Crippen LogP contribution in [0.4, 0.5) is 5.69 Å². The lowest BCUT2D eigenvalue weighted by Crippen LogP contribution is -2.13. The van der Waals surface area contributed by atoms with E-state index < -0.39 is 0 Å². The molecule has 2 rings (SSSR count). The van der Waals surface area contributed by atoms with Gasteiger partial charge < -0.3 is 5.32 Å². The summed E-state index contributed by atoms with van der Waals surface area (Å²) in [5.41, 5.74) is 1.27. The van der Waals surface area contributed by atoms with Crippen LogP contribution in [0.3, 0.4) is 0 Å². The van der Waals surface area contributed by atoms with Gasteiger partial charge in [-0.25, -0.2) is 4.98 Å². The van der Waals surface area contributed by atoms with Crippen LogP contribution in [0.2, 0.25) is 0 Å². The normalized spacial score (nSPS) is 10.1. The molecule has 1 amide bonds. The molecule has 21 heavy (non-hydrogen) atoms. The summed E-state index contributed by atoms with van der Waals surface area (Å²) in [6.45, 7) is 4.42. The number of nitrogens with one attached hydrogen (secondary N) is 1. The predicted molar refractivity (Wildman–Crippen MR) is 78.5 cm³/mol. The van der Waals surface area contributed by atoms with E-state index in [-0.39, 0.29) is 5.91 Å². The molecule has 0 saturated heterocycles. The van der Waals surface area contributed by atoms with Crippen molar-refractivity contribution in [3.8, 4) is 6.07 Å². The zero-order valence-corrected chi connectivity index (χ0v) is 12.1. The van der Waals surface area contributed by atoms with Gasteiger partial charge in [0.25, 0.3) is 0 Å². The minimum atomic E-state index is -0.0470. The fraction of sp³-hybridized carbons (Fsp3) is 0.333. The molecule has 2 aromatic rings. The Labute approximate surface area is 123 Å². The molecule has 108 valence electrons. The molecule has 0 unspecified atom stereocenters. The van der Waals surface area contributed by atoms with Gasteiger partial charge in [0.15, 0.2) is 0 Å². The van der Waals surface area contributed by atoms with Crippen molar-refractivity contribution >= 4 is 11.6 Å². The predicted octanol–water partition coefficient (Wildman–Crippen LogP) is 2.19. The van der Waals surface area contributed by atoms with Crippen molar-refractivity contribution in [2.45, 2.75) is 33.2 Å². The summed E-state index contributed by atoms with van der Waals surface area (Å²) in [5, 5.41) is 15.8. The fourth-order valence-electron chi connectivity index (χ4n) is 2.01. The number of hydrogen-bond acceptors (Lipinski definition) is 4. The Morgan fingerprint density at radius 1 is 1.33 bits per heavy atom. The second-order valence-corrected chi connectivity index (χ2v) is 4.77. The molecule has 6 heteroatoms. The van der Waals surface area contributed by atoms with E-state index in [4.69, 9.17) is 5.26 Å². The van der Waals surface area contributed by atoms with Crippen molar-refractivity contribution < 1.29 is 4.79 Å². The summed E-state index contributed by atoms with van der Waals surface area (Å²) in [6.07, 6.45) is 1.12. The Kier molecular flexibility index (Phi) is 4.67. The molecule has 6 nitrogen and oxygen atoms in total. The first-order chi connectivity index (χ1) is 10.1. The number of hydrogen-bond donors (Lipinski definition) is 1. The Balaban J connectivity index is 1.79. The highest BCUT2D eigenvalue weighted by molar-refractivity contribution is 5.90. The highest BCUT2D eigenvalue weighted by Crippen LogP contribution is 2.09. The Hall–Kier alpha value is -2.68. The zero-order chi connectivity index (χ0) is 15.2. The molecular weight excluding hydrogens is 266 g/mol. The van der Waals surface area contributed by atoms with Gasteiger partial charge in [-0.15, -0.1) is 0 Å². The van der Waals surface area contributed by atoms with Crippen LogP contribution in [-0.4, -0.2) is 20.7 Å². The highest BCUT2D eigenvalue weighted by Gasteiger charge is 2.05. The largest absolute Gasteiger partial charge is 0.326 e. The first-order valence-electron chi connectivity index (χ1n) is 6.76. The lowest BCUT2D eigenvalue weighted by molar-refractivity contribution is -0.116. The van der Waals surface area contributed by atoms with E-state index >= 15 is 0 Å². The summed E-state index contributed by atoms with van der Waals surface area (Å²) in [5.74, 6) is 1.56. The van der Waals surface area contributed by atoms with Crippen molar-refractivity contribution in [3.63, 3.8) is 0 Å². The smallest absolute Gasteiger partial charge is 0.224 e. The van der Waals surface area contributed by atoms with E-state index in [2.05, 4.69) is 15.4 Å². The number of benzene rings is 1. The molecule has 0 aliphatic heterocycles. The molecule has 0 aliphatic rings. The number of amides is 1. The number of carbonyl (C=O) groups is 1. The molecule has 0 spiro atoms. The summed E-state index contributed by atoms with van der Waals surface area (Å²) < 4.78 is 1.81. The summed E-state index contributed by atoms with van der Waals surface area (Å²) >= 11 is 0. The molecular formula is C15H17N5O. The maximum atomic E-state index is 11.8. The first kappa shape index (κ1) is 14.7. The van der Waals surface area contributed by atoms with Gasteiger partial charge in [0.2, 0.25) is 5.91 Å². The lowest BCUT2D eigenvalue weighted by Gasteiger charge is -2.06. The molecule has 0 saturated carbocycles. The monoisotopic (exact) mass is 283 g/mol. The van der Waals surface area contributed by atoms with E-state index in [0.29, 0.717) is 30.6 Å². The number of anilines is 1. The number of aryl methyl sites for hydroxylation is 3. The van der Waals surface area contributed by atoms with E-state index in [9.17, 15) is 4.79 Å². The molecule has 0 fully saturated rings. The van der Waals surface area contributed by atoms with Gasteiger partial charge in [-0.05, 0) is 44.5 Å². The lowest BCUT2D eigenvalue weighted by atomic mass is 10.2. The van der Waals surface area contributed by atoms with Gasteiger partial charge in [-0.1, -0.05) is 0 Å². The van der Waals surface area contributed by atoms with Crippen molar-refractivity contribution in [2.75, 3.05) is 5.32 Å². The Morgan fingerprint density at radius 2 is 2.05 bits per heavy atom. The maximum Gasteiger partial charge on any atom is 0.224 e. The van der Waals surface area contributed by atoms with Crippen LogP contribution in [-0.2, 0) is 11.3 Å². The molecule has 0 bridgehead atoms. The number of nitriles is 1. The van der Waals surface area contributed by atoms with Crippen molar-refractivity contribution in [2.24, 2.45) is 0 Å². The summed E-state index contributed by atoms with van der Waals surface area (Å²) in [7, 11) is 0.